The molecule has 1 rings (SSSR count). The lowest BCUT2D eigenvalue weighted by Crippen LogP contribution is -2.19. The molecule has 0 saturated heterocycles. The van der Waals surface area contributed by atoms with Crippen LogP contribution in [0, 0.1) is 10.1 Å². The van der Waals surface area contributed by atoms with Crippen molar-refractivity contribution in [1.29, 1.82) is 0 Å². The van der Waals surface area contributed by atoms with E-state index in [-0.39, 0.29) is 5.56 Å². The highest BCUT2D eigenvalue weighted by Crippen LogP contribution is 2.36. The van der Waals surface area contributed by atoms with Crippen molar-refractivity contribution < 1.29 is 27.6 Å². The van der Waals surface area contributed by atoms with Crippen molar-refractivity contribution in [2.75, 3.05) is 7.11 Å². The maximum atomic E-state index is 12.1. The number of pyridine rings is 1. The van der Waals surface area contributed by atoms with E-state index in [4.69, 9.17) is 5.73 Å². The predicted molar refractivity (Wildman–Crippen MR) is 52.0 cm³/mol. The Morgan fingerprint density at radius 3 is 2.56 bits per heavy atom. The second-order valence-electron chi connectivity index (χ2n) is 2.97. The second kappa shape index (κ2) is 5.04. The van der Waals surface area contributed by atoms with Crippen molar-refractivity contribution in [2.45, 2.75) is 12.9 Å². The topological polar surface area (TPSA) is 101 Å². The average molecular weight is 267 g/mol. The summed E-state index contributed by atoms with van der Waals surface area (Å²) < 4.78 is 44.6. The van der Waals surface area contributed by atoms with Crippen LogP contribution in [0.15, 0.2) is 6.20 Å². The minimum absolute atomic E-state index is 0.281. The molecule has 1 aromatic heterocycles. The van der Waals surface area contributed by atoms with Crippen molar-refractivity contribution in [1.82, 2.24) is 4.98 Å². The van der Waals surface area contributed by atoms with Gasteiger partial charge in [-0.2, -0.15) is 0 Å². The molecule has 0 aliphatic carbocycles. The highest BCUT2D eigenvalue weighted by molar-refractivity contribution is 5.52. The van der Waals surface area contributed by atoms with Crippen LogP contribution in [0.4, 0.5) is 19.0 Å². The van der Waals surface area contributed by atoms with Crippen LogP contribution in [0.5, 0.6) is 11.5 Å². The Morgan fingerprint density at radius 2 is 2.17 bits per heavy atom. The number of nitrogens with zero attached hydrogens (tertiary/aromatic N) is 2. The third-order valence-electron chi connectivity index (χ3n) is 1.89. The summed E-state index contributed by atoms with van der Waals surface area (Å²) in [7, 11) is 1.06. The molecule has 0 aliphatic heterocycles. The molecule has 2 N–H and O–H groups in total. The molecule has 0 radical (unpaired) electrons. The Hall–Kier alpha value is -2.10. The van der Waals surface area contributed by atoms with Gasteiger partial charge in [0.2, 0.25) is 5.75 Å². The Balaban J connectivity index is 3.34. The first kappa shape index (κ1) is 14.0. The predicted octanol–water partition coefficient (Wildman–Crippen LogP) is 1.36. The number of hydrogen-bond acceptors (Lipinski definition) is 6. The molecular formula is C8H8F3N3O4. The van der Waals surface area contributed by atoms with Gasteiger partial charge in [0.15, 0.2) is 11.9 Å². The Labute approximate surface area is 98.5 Å². The maximum Gasteiger partial charge on any atom is 0.573 e. The number of alkyl halides is 3. The van der Waals surface area contributed by atoms with Crippen LogP contribution in [0.2, 0.25) is 0 Å². The quantitative estimate of drug-likeness (QED) is 0.652. The van der Waals surface area contributed by atoms with Crippen LogP contribution in [-0.2, 0) is 6.54 Å². The summed E-state index contributed by atoms with van der Waals surface area (Å²) in [5.41, 5.74) is 4.96. The highest BCUT2D eigenvalue weighted by Gasteiger charge is 2.35. The summed E-state index contributed by atoms with van der Waals surface area (Å²) in [5, 5.41) is 10.6. The van der Waals surface area contributed by atoms with Crippen LogP contribution < -0.4 is 15.2 Å². The first-order valence-corrected chi connectivity index (χ1v) is 4.46. The number of ether oxygens (including phenoxy) is 2. The van der Waals surface area contributed by atoms with Crippen LogP contribution in [0.3, 0.4) is 0 Å². The third-order valence-corrected chi connectivity index (χ3v) is 1.89. The van der Waals surface area contributed by atoms with Crippen LogP contribution in [-0.4, -0.2) is 23.4 Å². The summed E-state index contributed by atoms with van der Waals surface area (Å²) >= 11 is 0. The summed E-state index contributed by atoms with van der Waals surface area (Å²) in [6, 6.07) is 0. The van der Waals surface area contributed by atoms with Crippen molar-refractivity contribution in [3.05, 3.63) is 21.9 Å². The van der Waals surface area contributed by atoms with E-state index >= 15 is 0 Å². The minimum Gasteiger partial charge on any atom is -0.489 e. The van der Waals surface area contributed by atoms with Crippen LogP contribution in [0.1, 0.15) is 5.56 Å². The highest BCUT2D eigenvalue weighted by atomic mass is 19.4. The second-order valence-corrected chi connectivity index (χ2v) is 2.97. The fourth-order valence-electron chi connectivity index (χ4n) is 1.25. The number of nitro groups is 1. The van der Waals surface area contributed by atoms with Gasteiger partial charge in [0.05, 0.1) is 12.7 Å². The van der Waals surface area contributed by atoms with Crippen LogP contribution >= 0.6 is 0 Å². The normalized spacial score (nSPS) is 11.2. The zero-order valence-corrected chi connectivity index (χ0v) is 9.02. The molecule has 0 atom stereocenters. The maximum absolute atomic E-state index is 12.1. The molecule has 10 heteroatoms. The van der Waals surface area contributed by atoms with E-state index in [9.17, 15) is 23.3 Å². The van der Waals surface area contributed by atoms with E-state index in [0.717, 1.165) is 7.11 Å². The summed E-state index contributed by atoms with van der Waals surface area (Å²) in [5.74, 6) is -1.91. The van der Waals surface area contributed by atoms with Gasteiger partial charge in [0.25, 0.3) is 0 Å². The fraction of sp³-hybridized carbons (Fsp3) is 0.375. The molecule has 0 amide bonds. The van der Waals surface area contributed by atoms with Crippen molar-refractivity contribution in [3.63, 3.8) is 0 Å². The molecule has 0 bridgehead atoms. The van der Waals surface area contributed by atoms with Gasteiger partial charge in [-0.05, 0) is 9.91 Å². The van der Waals surface area contributed by atoms with E-state index in [1.807, 2.05) is 0 Å². The van der Waals surface area contributed by atoms with Gasteiger partial charge in [0, 0.05) is 6.54 Å². The summed E-state index contributed by atoms with van der Waals surface area (Å²) in [4.78, 5) is 12.9. The first-order chi connectivity index (χ1) is 8.30. The molecule has 1 aromatic rings. The number of halogens is 3. The SMILES string of the molecule is COc1c([N+](=O)[O-])ncc(OC(F)(F)F)c1CN. The Bertz CT molecular complexity index is 464. The zero-order valence-electron chi connectivity index (χ0n) is 9.02. The number of rotatable bonds is 4. The molecule has 0 aliphatic rings. The molecule has 1 heterocycles. The largest absolute Gasteiger partial charge is 0.573 e. The van der Waals surface area contributed by atoms with Crippen molar-refractivity contribution in [3.8, 4) is 11.5 Å². The summed E-state index contributed by atoms with van der Waals surface area (Å²) in [6.07, 6.45) is -4.37. The van der Waals surface area contributed by atoms with Crippen molar-refractivity contribution in [2.24, 2.45) is 5.73 Å². The lowest BCUT2D eigenvalue weighted by molar-refractivity contribution is -0.390. The lowest BCUT2D eigenvalue weighted by atomic mass is 10.2. The van der Waals surface area contributed by atoms with Crippen LogP contribution in [0.25, 0.3) is 0 Å². The molecular weight excluding hydrogens is 259 g/mol. The number of hydrogen-bond donors (Lipinski definition) is 1. The zero-order chi connectivity index (χ0) is 13.9. The molecule has 18 heavy (non-hydrogen) atoms. The van der Waals surface area contributed by atoms with Gasteiger partial charge >= 0.3 is 12.2 Å². The lowest BCUT2D eigenvalue weighted by Gasteiger charge is -2.13. The molecule has 100 valence electrons. The number of nitrogens with two attached hydrogens (primary N) is 1. The standard InChI is InChI=1S/C8H8F3N3O4/c1-17-6-4(2-12)5(18-8(9,10)11)3-13-7(6)14(15)16/h3H,2,12H2,1H3. The smallest absolute Gasteiger partial charge is 0.489 e. The van der Waals surface area contributed by atoms with E-state index in [2.05, 4.69) is 14.5 Å². The van der Waals surface area contributed by atoms with E-state index in [0.29, 0.717) is 6.20 Å². The van der Waals surface area contributed by atoms with E-state index < -0.39 is 35.1 Å². The van der Waals surface area contributed by atoms with Gasteiger partial charge in [-0.15, -0.1) is 13.2 Å². The van der Waals surface area contributed by atoms with Gasteiger partial charge in [-0.1, -0.05) is 0 Å². The van der Waals surface area contributed by atoms with E-state index in [1.54, 1.807) is 0 Å². The van der Waals surface area contributed by atoms with E-state index in [1.165, 1.54) is 0 Å². The van der Waals surface area contributed by atoms with Gasteiger partial charge in [-0.3, -0.25) is 0 Å². The third kappa shape index (κ3) is 2.97. The minimum atomic E-state index is -4.95. The molecule has 0 saturated carbocycles. The molecule has 0 unspecified atom stereocenters. The van der Waals surface area contributed by atoms with Crippen molar-refractivity contribution >= 4 is 5.82 Å². The first-order valence-electron chi connectivity index (χ1n) is 4.46. The molecule has 0 aromatic carbocycles. The number of aromatic nitrogens is 1. The molecule has 7 nitrogen and oxygen atoms in total. The monoisotopic (exact) mass is 267 g/mol. The average Bonchev–Trinajstić information content (AvgIpc) is 2.25. The van der Waals surface area contributed by atoms with Gasteiger partial charge in [0.1, 0.15) is 0 Å². The Kier molecular flexibility index (Phi) is 3.91. The van der Waals surface area contributed by atoms with Gasteiger partial charge in [-0.25, -0.2) is 0 Å². The molecule has 0 fully saturated rings. The van der Waals surface area contributed by atoms with Gasteiger partial charge < -0.3 is 25.3 Å². The summed E-state index contributed by atoms with van der Waals surface area (Å²) in [6.45, 7) is -0.433. The number of methoxy groups -OCH3 is 1. The molecule has 0 spiro atoms. The fourth-order valence-corrected chi connectivity index (χ4v) is 1.25. The Morgan fingerprint density at radius 1 is 1.56 bits per heavy atom.